The Kier molecular flexibility index (Phi) is 5.09. The van der Waals surface area contributed by atoms with Gasteiger partial charge in [0, 0.05) is 48.3 Å². The second-order valence-electron chi connectivity index (χ2n) is 9.63. The van der Waals surface area contributed by atoms with E-state index in [0.717, 1.165) is 60.0 Å². The Morgan fingerprint density at radius 3 is 2.56 bits per heavy atom. The Balaban J connectivity index is 1.27. The molecule has 1 saturated heterocycles. The van der Waals surface area contributed by atoms with Crippen LogP contribution in [0, 0.1) is 18.8 Å². The zero-order valence-corrected chi connectivity index (χ0v) is 19.2. The van der Waals surface area contributed by atoms with Crippen LogP contribution >= 0.6 is 0 Å². The van der Waals surface area contributed by atoms with Gasteiger partial charge in [-0.1, -0.05) is 30.3 Å². The Hall–Kier alpha value is -3.67. The molecular weight excluding hydrogens is 426 g/mol. The van der Waals surface area contributed by atoms with Gasteiger partial charge in [0.25, 0.3) is 5.56 Å². The predicted molar refractivity (Wildman–Crippen MR) is 131 cm³/mol. The van der Waals surface area contributed by atoms with E-state index in [1.54, 1.807) is 16.9 Å². The molecular formula is C28H27N3O3. The summed E-state index contributed by atoms with van der Waals surface area (Å²) in [6, 6.07) is 17.9. The first kappa shape index (κ1) is 20.9. The number of carbonyl (C=O) groups excluding carboxylic acids is 1. The van der Waals surface area contributed by atoms with E-state index < -0.39 is 0 Å². The standard InChI is InChI=1S/C28H27N3O3/c1-18-14-26(32)31(17-19-10-12-30(16-19)28(33)22-6-7-22)27(29-18)21-4-2-20(3-5-21)23-8-9-25-24(15-23)11-13-34-25/h2-5,8-9,11,13-15,19,22H,6-7,10,12,16-17H2,1H3. The number of fused-ring (bicyclic) bond motifs is 1. The molecule has 4 aromatic rings. The number of aromatic nitrogens is 2. The van der Waals surface area contributed by atoms with Crippen molar-refractivity contribution in [3.8, 4) is 22.5 Å². The highest BCUT2D eigenvalue weighted by molar-refractivity contribution is 5.84. The van der Waals surface area contributed by atoms with Gasteiger partial charge in [-0.25, -0.2) is 4.98 Å². The topological polar surface area (TPSA) is 68.3 Å². The average Bonchev–Trinajstić information content (AvgIpc) is 3.40. The second-order valence-corrected chi connectivity index (χ2v) is 9.63. The van der Waals surface area contributed by atoms with Crippen molar-refractivity contribution in [2.75, 3.05) is 13.1 Å². The van der Waals surface area contributed by atoms with Crippen molar-refractivity contribution in [1.29, 1.82) is 0 Å². The summed E-state index contributed by atoms with van der Waals surface area (Å²) < 4.78 is 7.23. The number of aryl methyl sites for hydroxylation is 1. The van der Waals surface area contributed by atoms with Gasteiger partial charge in [0.15, 0.2) is 0 Å². The molecule has 0 radical (unpaired) electrons. The quantitative estimate of drug-likeness (QED) is 0.431. The maximum absolute atomic E-state index is 13.0. The van der Waals surface area contributed by atoms with Gasteiger partial charge in [-0.3, -0.25) is 14.2 Å². The monoisotopic (exact) mass is 453 g/mol. The van der Waals surface area contributed by atoms with Gasteiger partial charge in [-0.05, 0) is 61.4 Å². The highest BCUT2D eigenvalue weighted by Gasteiger charge is 2.36. The van der Waals surface area contributed by atoms with E-state index >= 15 is 0 Å². The highest BCUT2D eigenvalue weighted by atomic mass is 16.3. The molecule has 2 aromatic heterocycles. The summed E-state index contributed by atoms with van der Waals surface area (Å²) in [5, 5.41) is 1.07. The Morgan fingerprint density at radius 2 is 1.76 bits per heavy atom. The first-order valence-electron chi connectivity index (χ1n) is 12.0. The molecule has 1 unspecified atom stereocenters. The lowest BCUT2D eigenvalue weighted by atomic mass is 10.0. The summed E-state index contributed by atoms with van der Waals surface area (Å²) in [5.41, 5.74) is 4.67. The second kappa shape index (κ2) is 8.28. The molecule has 6 rings (SSSR count). The van der Waals surface area contributed by atoms with Gasteiger partial charge in [0.05, 0.1) is 6.26 Å². The van der Waals surface area contributed by atoms with E-state index in [2.05, 4.69) is 24.3 Å². The smallest absolute Gasteiger partial charge is 0.253 e. The molecule has 6 nitrogen and oxygen atoms in total. The molecule has 1 aliphatic heterocycles. The third-order valence-electron chi connectivity index (χ3n) is 7.03. The van der Waals surface area contributed by atoms with Crippen molar-refractivity contribution >= 4 is 16.9 Å². The summed E-state index contributed by atoms with van der Waals surface area (Å²) in [7, 11) is 0. The van der Waals surface area contributed by atoms with Gasteiger partial charge in [-0.2, -0.15) is 0 Å². The van der Waals surface area contributed by atoms with Crippen molar-refractivity contribution in [1.82, 2.24) is 14.5 Å². The predicted octanol–water partition coefficient (Wildman–Crippen LogP) is 4.89. The molecule has 34 heavy (non-hydrogen) atoms. The van der Waals surface area contributed by atoms with Crippen LogP contribution in [-0.2, 0) is 11.3 Å². The summed E-state index contributed by atoms with van der Waals surface area (Å²) >= 11 is 0. The molecule has 3 heterocycles. The molecule has 2 aliphatic rings. The number of hydrogen-bond donors (Lipinski definition) is 0. The highest BCUT2D eigenvalue weighted by Crippen LogP contribution is 2.33. The fourth-order valence-electron chi connectivity index (χ4n) is 5.00. The van der Waals surface area contributed by atoms with Gasteiger partial charge in [0.2, 0.25) is 5.91 Å². The van der Waals surface area contributed by atoms with Crippen LogP contribution in [0.3, 0.4) is 0 Å². The fraction of sp³-hybridized carbons (Fsp3) is 0.321. The van der Waals surface area contributed by atoms with E-state index in [-0.39, 0.29) is 17.4 Å². The van der Waals surface area contributed by atoms with Crippen LogP contribution in [0.1, 0.15) is 25.0 Å². The summed E-state index contributed by atoms with van der Waals surface area (Å²) in [6.07, 6.45) is 4.67. The zero-order valence-electron chi connectivity index (χ0n) is 19.2. The Morgan fingerprint density at radius 1 is 1.00 bits per heavy atom. The van der Waals surface area contributed by atoms with E-state index in [0.29, 0.717) is 24.0 Å². The molecule has 172 valence electrons. The zero-order chi connectivity index (χ0) is 23.2. The van der Waals surface area contributed by atoms with Crippen molar-refractivity contribution in [3.63, 3.8) is 0 Å². The normalized spacial score (nSPS) is 18.0. The first-order chi connectivity index (χ1) is 16.5. The van der Waals surface area contributed by atoms with Crippen LogP contribution in [0.5, 0.6) is 0 Å². The SMILES string of the molecule is Cc1cc(=O)n(CC2CCN(C(=O)C3CC3)C2)c(-c2ccc(-c3ccc4occc4c3)cc2)n1. The summed E-state index contributed by atoms with van der Waals surface area (Å²) in [5.74, 6) is 1.49. The minimum absolute atomic E-state index is 0.0380. The molecule has 0 bridgehead atoms. The maximum atomic E-state index is 13.0. The largest absolute Gasteiger partial charge is 0.464 e. The molecule has 1 aliphatic carbocycles. The molecule has 0 spiro atoms. The van der Waals surface area contributed by atoms with Crippen molar-refractivity contribution < 1.29 is 9.21 Å². The Labute approximate surface area is 197 Å². The number of likely N-dealkylation sites (tertiary alicyclic amines) is 1. The molecule has 2 fully saturated rings. The summed E-state index contributed by atoms with van der Waals surface area (Å²) in [6.45, 7) is 3.95. The van der Waals surface area contributed by atoms with E-state index in [9.17, 15) is 9.59 Å². The fourth-order valence-corrected chi connectivity index (χ4v) is 5.00. The van der Waals surface area contributed by atoms with Crippen molar-refractivity contribution in [2.24, 2.45) is 11.8 Å². The molecule has 1 amide bonds. The third-order valence-corrected chi connectivity index (χ3v) is 7.03. The van der Waals surface area contributed by atoms with Crippen LogP contribution in [-0.4, -0.2) is 33.4 Å². The van der Waals surface area contributed by atoms with Crippen LogP contribution < -0.4 is 5.56 Å². The number of nitrogens with zero attached hydrogens (tertiary/aromatic N) is 3. The van der Waals surface area contributed by atoms with E-state index in [1.165, 1.54) is 0 Å². The summed E-state index contributed by atoms with van der Waals surface area (Å²) in [4.78, 5) is 32.2. The molecule has 1 atom stereocenters. The molecule has 1 saturated carbocycles. The third kappa shape index (κ3) is 3.94. The lowest BCUT2D eigenvalue weighted by molar-refractivity contribution is -0.131. The lowest BCUT2D eigenvalue weighted by Gasteiger charge is -2.18. The number of carbonyl (C=O) groups is 1. The minimum Gasteiger partial charge on any atom is -0.464 e. The van der Waals surface area contributed by atoms with Gasteiger partial charge in [-0.15, -0.1) is 0 Å². The average molecular weight is 454 g/mol. The number of rotatable bonds is 5. The van der Waals surface area contributed by atoms with E-state index in [4.69, 9.17) is 9.40 Å². The van der Waals surface area contributed by atoms with Crippen LogP contribution in [0.25, 0.3) is 33.5 Å². The molecule has 0 N–H and O–H groups in total. The molecule has 6 heteroatoms. The Bertz CT molecular complexity index is 1430. The van der Waals surface area contributed by atoms with Crippen molar-refractivity contribution in [2.45, 2.75) is 32.7 Å². The van der Waals surface area contributed by atoms with Crippen LogP contribution in [0.2, 0.25) is 0 Å². The van der Waals surface area contributed by atoms with Gasteiger partial charge >= 0.3 is 0 Å². The van der Waals surface area contributed by atoms with Gasteiger partial charge < -0.3 is 9.32 Å². The lowest BCUT2D eigenvalue weighted by Crippen LogP contribution is -2.32. The first-order valence-corrected chi connectivity index (χ1v) is 12.0. The molecule has 2 aromatic carbocycles. The number of hydrogen-bond acceptors (Lipinski definition) is 4. The number of benzene rings is 2. The van der Waals surface area contributed by atoms with E-state index in [1.807, 2.05) is 36.1 Å². The van der Waals surface area contributed by atoms with Crippen molar-refractivity contribution in [3.05, 3.63) is 76.9 Å². The van der Waals surface area contributed by atoms with Crippen LogP contribution in [0.4, 0.5) is 0 Å². The van der Waals surface area contributed by atoms with Crippen LogP contribution in [0.15, 0.2) is 70.1 Å². The van der Waals surface area contributed by atoms with Gasteiger partial charge in [0.1, 0.15) is 11.4 Å². The minimum atomic E-state index is -0.0380. The number of furan rings is 1. The number of amides is 1. The maximum Gasteiger partial charge on any atom is 0.253 e.